The normalized spacial score (nSPS) is 15.7. The van der Waals surface area contributed by atoms with Gasteiger partial charge in [0.1, 0.15) is 17.2 Å². The van der Waals surface area contributed by atoms with Gasteiger partial charge in [-0.25, -0.2) is 26.9 Å². The molecule has 3 aromatic carbocycles. The summed E-state index contributed by atoms with van der Waals surface area (Å²) in [6.45, 7) is 2.56. The van der Waals surface area contributed by atoms with Crippen LogP contribution in [-0.4, -0.2) is 37.1 Å². The van der Waals surface area contributed by atoms with Crippen molar-refractivity contribution >= 4 is 38.8 Å². The molecule has 1 fully saturated rings. The highest BCUT2D eigenvalue weighted by molar-refractivity contribution is 7.90. The van der Waals surface area contributed by atoms with Crippen LogP contribution in [-0.2, 0) is 27.4 Å². The molecule has 0 bridgehead atoms. The molecule has 0 aliphatic carbocycles. The van der Waals surface area contributed by atoms with Gasteiger partial charge in [0.05, 0.1) is 22.7 Å². The number of nitrogens with zero attached hydrogens (tertiary/aromatic N) is 2. The largest absolute Gasteiger partial charge is 0.419 e. The first-order valence-corrected chi connectivity index (χ1v) is 13.3. The second-order valence-electron chi connectivity index (χ2n) is 9.45. The van der Waals surface area contributed by atoms with Crippen molar-refractivity contribution in [3.63, 3.8) is 0 Å². The molecule has 206 valence electrons. The minimum atomic E-state index is -5.05. The van der Waals surface area contributed by atoms with E-state index in [2.05, 4.69) is 5.32 Å². The van der Waals surface area contributed by atoms with E-state index in [1.807, 2.05) is 0 Å². The number of alkyl halides is 3. The van der Waals surface area contributed by atoms with E-state index in [9.17, 15) is 40.0 Å². The third kappa shape index (κ3) is 5.44. The Labute approximate surface area is 220 Å². The topological polar surface area (TPSA) is 86.8 Å². The van der Waals surface area contributed by atoms with Gasteiger partial charge in [0, 0.05) is 17.6 Å². The lowest BCUT2D eigenvalue weighted by Crippen LogP contribution is -2.43. The van der Waals surface area contributed by atoms with Gasteiger partial charge in [-0.15, -0.1) is 0 Å². The summed E-state index contributed by atoms with van der Waals surface area (Å²) >= 11 is 0. The molecule has 0 radical (unpaired) electrons. The molecule has 0 unspecified atom stereocenters. The van der Waals surface area contributed by atoms with Crippen LogP contribution in [0.4, 0.5) is 43.8 Å². The molecule has 1 aliphatic heterocycles. The Kier molecular flexibility index (Phi) is 6.92. The molecule has 0 atom stereocenters. The SMILES string of the molecule is CC1(C)C(=O)N(c2ccc(F)c(C(F)(F)F)c2)C(=O)N1Cc1ccc(F)cc1Nc1ccc(S(C)(=O)=O)cc1. The number of imide groups is 1. The van der Waals surface area contributed by atoms with E-state index in [0.29, 0.717) is 28.3 Å². The van der Waals surface area contributed by atoms with Crippen molar-refractivity contribution in [2.75, 3.05) is 16.5 Å². The van der Waals surface area contributed by atoms with Crippen molar-refractivity contribution in [1.29, 1.82) is 0 Å². The Morgan fingerprint density at radius 2 is 1.56 bits per heavy atom. The highest BCUT2D eigenvalue weighted by atomic mass is 32.2. The van der Waals surface area contributed by atoms with E-state index >= 15 is 0 Å². The molecule has 7 nitrogen and oxygen atoms in total. The van der Waals surface area contributed by atoms with Crippen LogP contribution in [0.2, 0.25) is 0 Å². The number of carbonyl (C=O) groups is 2. The van der Waals surface area contributed by atoms with Crippen LogP contribution in [0, 0.1) is 11.6 Å². The van der Waals surface area contributed by atoms with Crippen molar-refractivity contribution in [3.8, 4) is 0 Å². The van der Waals surface area contributed by atoms with Gasteiger partial charge in [0.15, 0.2) is 9.84 Å². The lowest BCUT2D eigenvalue weighted by Gasteiger charge is -2.28. The summed E-state index contributed by atoms with van der Waals surface area (Å²) < 4.78 is 91.1. The van der Waals surface area contributed by atoms with Gasteiger partial charge in [0.25, 0.3) is 5.91 Å². The summed E-state index contributed by atoms with van der Waals surface area (Å²) in [4.78, 5) is 28.3. The molecule has 1 N–H and O–H groups in total. The number of nitrogens with one attached hydrogen (secondary N) is 1. The molecule has 1 saturated heterocycles. The molecule has 0 spiro atoms. The lowest BCUT2D eigenvalue weighted by atomic mass is 10.0. The number of urea groups is 1. The smallest absolute Gasteiger partial charge is 0.355 e. The summed E-state index contributed by atoms with van der Waals surface area (Å²) in [7, 11) is -3.44. The molecule has 1 heterocycles. The van der Waals surface area contributed by atoms with Gasteiger partial charge in [-0.2, -0.15) is 13.2 Å². The molecule has 39 heavy (non-hydrogen) atoms. The maximum atomic E-state index is 14.1. The molecule has 3 amide bonds. The number of hydrogen-bond donors (Lipinski definition) is 1. The monoisotopic (exact) mass is 567 g/mol. The van der Waals surface area contributed by atoms with Gasteiger partial charge in [-0.1, -0.05) is 6.07 Å². The first-order chi connectivity index (χ1) is 18.0. The number of hydrogen-bond acceptors (Lipinski definition) is 5. The Morgan fingerprint density at radius 1 is 0.923 bits per heavy atom. The Hall–Kier alpha value is -4.00. The highest BCUT2D eigenvalue weighted by Gasteiger charge is 2.52. The summed E-state index contributed by atoms with van der Waals surface area (Å²) in [5.41, 5.74) is -2.62. The molecular weight excluding hydrogens is 545 g/mol. The van der Waals surface area contributed by atoms with Crippen LogP contribution in [0.15, 0.2) is 65.6 Å². The zero-order chi connectivity index (χ0) is 28.9. The van der Waals surface area contributed by atoms with Crippen molar-refractivity contribution in [2.24, 2.45) is 0 Å². The van der Waals surface area contributed by atoms with Crippen LogP contribution >= 0.6 is 0 Å². The fourth-order valence-electron chi connectivity index (χ4n) is 4.11. The van der Waals surface area contributed by atoms with Crippen molar-refractivity contribution < 1.29 is 40.0 Å². The minimum absolute atomic E-state index is 0.0741. The molecule has 4 rings (SSSR count). The maximum absolute atomic E-state index is 14.1. The lowest BCUT2D eigenvalue weighted by molar-refractivity contribution is -0.140. The number of anilines is 3. The summed E-state index contributed by atoms with van der Waals surface area (Å²) in [5.74, 6) is -3.00. The molecule has 0 aromatic heterocycles. The van der Waals surface area contributed by atoms with E-state index in [4.69, 9.17) is 0 Å². The van der Waals surface area contributed by atoms with Gasteiger partial charge in [-0.05, 0) is 74.0 Å². The summed E-state index contributed by atoms with van der Waals surface area (Å²) in [6.07, 6.45) is -4.00. The Bertz CT molecular complexity index is 1570. The summed E-state index contributed by atoms with van der Waals surface area (Å²) in [6, 6.07) is 10.2. The van der Waals surface area contributed by atoms with Gasteiger partial charge in [-0.3, -0.25) is 4.79 Å². The molecule has 0 saturated carbocycles. The van der Waals surface area contributed by atoms with E-state index in [1.165, 1.54) is 44.2 Å². The maximum Gasteiger partial charge on any atom is 0.419 e. The van der Waals surface area contributed by atoms with Gasteiger partial charge in [0.2, 0.25) is 0 Å². The number of benzene rings is 3. The van der Waals surface area contributed by atoms with Crippen LogP contribution in [0.3, 0.4) is 0 Å². The highest BCUT2D eigenvalue weighted by Crippen LogP contribution is 2.38. The van der Waals surface area contributed by atoms with Crippen LogP contribution in [0.1, 0.15) is 25.0 Å². The molecule has 13 heteroatoms. The van der Waals surface area contributed by atoms with Crippen molar-refractivity contribution in [3.05, 3.63) is 83.4 Å². The van der Waals surface area contributed by atoms with E-state index in [-0.39, 0.29) is 17.1 Å². The first kappa shape index (κ1) is 28.0. The minimum Gasteiger partial charge on any atom is -0.355 e. The number of sulfone groups is 1. The van der Waals surface area contributed by atoms with Gasteiger partial charge >= 0.3 is 12.2 Å². The Balaban J connectivity index is 1.67. The fraction of sp³-hybridized carbons (Fsp3) is 0.231. The quantitative estimate of drug-likeness (QED) is 0.297. The first-order valence-electron chi connectivity index (χ1n) is 11.4. The average Bonchev–Trinajstić information content (AvgIpc) is 2.99. The molecule has 1 aliphatic rings. The van der Waals surface area contributed by atoms with E-state index in [0.717, 1.165) is 29.4 Å². The van der Waals surface area contributed by atoms with Crippen LogP contribution in [0.5, 0.6) is 0 Å². The van der Waals surface area contributed by atoms with Crippen LogP contribution < -0.4 is 10.2 Å². The average molecular weight is 568 g/mol. The summed E-state index contributed by atoms with van der Waals surface area (Å²) in [5, 5.41) is 2.95. The van der Waals surface area contributed by atoms with E-state index in [1.54, 1.807) is 0 Å². The number of amides is 3. The zero-order valence-electron chi connectivity index (χ0n) is 20.8. The predicted molar refractivity (Wildman–Crippen MR) is 133 cm³/mol. The molecular formula is C26H22F5N3O4S. The number of rotatable bonds is 6. The standard InChI is InChI=1S/C26H22F5N3O4S/c1-25(2)23(35)34(18-8-11-21(28)20(13-18)26(29,30)31)24(36)33(25)14-15-4-5-16(27)12-22(15)32-17-6-9-19(10-7-17)39(3,37)38/h4-13,32H,14H2,1-3H3. The fourth-order valence-corrected chi connectivity index (χ4v) is 4.74. The molecule has 3 aromatic rings. The van der Waals surface area contributed by atoms with Crippen molar-refractivity contribution in [1.82, 2.24) is 4.90 Å². The van der Waals surface area contributed by atoms with Crippen molar-refractivity contribution in [2.45, 2.75) is 37.0 Å². The predicted octanol–water partition coefficient (Wildman–Crippen LogP) is 5.88. The van der Waals surface area contributed by atoms with E-state index < -0.39 is 56.4 Å². The third-order valence-corrected chi connectivity index (χ3v) is 7.43. The second kappa shape index (κ2) is 9.63. The number of carbonyl (C=O) groups excluding carboxylic acids is 2. The number of halogens is 5. The zero-order valence-corrected chi connectivity index (χ0v) is 21.6. The third-order valence-electron chi connectivity index (χ3n) is 6.30. The van der Waals surface area contributed by atoms with Gasteiger partial charge < -0.3 is 10.2 Å². The second-order valence-corrected chi connectivity index (χ2v) is 11.5. The Morgan fingerprint density at radius 3 is 2.15 bits per heavy atom. The van der Waals surface area contributed by atoms with Crippen LogP contribution in [0.25, 0.3) is 0 Å².